The van der Waals surface area contributed by atoms with E-state index in [0.29, 0.717) is 18.5 Å². The molecule has 1 aliphatic rings. The average Bonchev–Trinajstić information content (AvgIpc) is 2.93. The molecule has 1 fully saturated rings. The first-order chi connectivity index (χ1) is 11.2. The van der Waals surface area contributed by atoms with Gasteiger partial charge in [-0.2, -0.15) is 0 Å². The van der Waals surface area contributed by atoms with Crippen molar-refractivity contribution < 1.29 is 32.6 Å². The second-order valence-corrected chi connectivity index (χ2v) is 5.44. The summed E-state index contributed by atoms with van der Waals surface area (Å²) in [7, 11) is 0. The van der Waals surface area contributed by atoms with E-state index in [2.05, 4.69) is 10.1 Å². The van der Waals surface area contributed by atoms with Crippen molar-refractivity contribution in [3.63, 3.8) is 0 Å². The maximum absolute atomic E-state index is 12.1. The number of hydrogen-bond donors (Lipinski definition) is 2. The van der Waals surface area contributed by atoms with Crippen molar-refractivity contribution in [2.45, 2.75) is 31.8 Å². The molecular weight excluding hydrogens is 329 g/mol. The van der Waals surface area contributed by atoms with Crippen LogP contribution in [-0.2, 0) is 16.1 Å². The van der Waals surface area contributed by atoms with E-state index in [1.807, 2.05) is 0 Å². The molecule has 24 heavy (non-hydrogen) atoms. The van der Waals surface area contributed by atoms with Gasteiger partial charge in [0.25, 0.3) is 0 Å². The molecule has 1 amide bonds. The number of likely N-dealkylation sites (tertiary alicyclic amines) is 1. The summed E-state index contributed by atoms with van der Waals surface area (Å²) in [6.07, 6.45) is -3.50. The number of aliphatic carboxylic acids is 1. The minimum atomic E-state index is -4.74. The van der Waals surface area contributed by atoms with Crippen LogP contribution in [0.25, 0.3) is 0 Å². The fourth-order valence-electron chi connectivity index (χ4n) is 2.55. The highest BCUT2D eigenvalue weighted by atomic mass is 19.4. The van der Waals surface area contributed by atoms with Crippen LogP contribution in [0.2, 0.25) is 0 Å². The van der Waals surface area contributed by atoms with Gasteiger partial charge in [0.2, 0.25) is 5.91 Å². The minimum absolute atomic E-state index is 0.0216. The Bertz CT molecular complexity index is 589. The van der Waals surface area contributed by atoms with E-state index < -0.39 is 18.4 Å². The number of amides is 1. The molecule has 1 heterocycles. The second kappa shape index (κ2) is 7.52. The maximum atomic E-state index is 12.1. The van der Waals surface area contributed by atoms with Gasteiger partial charge in [0.1, 0.15) is 11.8 Å². The zero-order valence-electron chi connectivity index (χ0n) is 12.7. The third kappa shape index (κ3) is 5.41. The number of rotatable bonds is 6. The van der Waals surface area contributed by atoms with Crippen molar-refractivity contribution in [1.29, 1.82) is 0 Å². The molecule has 0 bridgehead atoms. The lowest BCUT2D eigenvalue weighted by atomic mass is 10.2. The fourth-order valence-corrected chi connectivity index (χ4v) is 2.55. The van der Waals surface area contributed by atoms with E-state index in [0.717, 1.165) is 18.6 Å². The highest BCUT2D eigenvalue weighted by molar-refractivity contribution is 5.80. The van der Waals surface area contributed by atoms with Crippen LogP contribution < -0.4 is 10.1 Å². The largest absolute Gasteiger partial charge is 0.573 e. The minimum Gasteiger partial charge on any atom is -0.480 e. The Kier molecular flexibility index (Phi) is 5.66. The van der Waals surface area contributed by atoms with Gasteiger partial charge in [0, 0.05) is 6.54 Å². The number of benzene rings is 1. The van der Waals surface area contributed by atoms with E-state index in [4.69, 9.17) is 5.11 Å². The van der Waals surface area contributed by atoms with Crippen molar-refractivity contribution >= 4 is 11.9 Å². The average molecular weight is 346 g/mol. The van der Waals surface area contributed by atoms with Gasteiger partial charge in [-0.1, -0.05) is 12.1 Å². The highest BCUT2D eigenvalue weighted by Gasteiger charge is 2.32. The van der Waals surface area contributed by atoms with Crippen LogP contribution in [0.5, 0.6) is 5.75 Å². The summed E-state index contributed by atoms with van der Waals surface area (Å²) in [6, 6.07) is 4.51. The van der Waals surface area contributed by atoms with Crippen LogP contribution in [0, 0.1) is 0 Å². The third-order valence-electron chi connectivity index (χ3n) is 3.64. The summed E-state index contributed by atoms with van der Waals surface area (Å²) in [5.41, 5.74) is 0.606. The molecule has 0 radical (unpaired) electrons. The van der Waals surface area contributed by atoms with E-state index in [9.17, 15) is 22.8 Å². The van der Waals surface area contributed by atoms with Crippen molar-refractivity contribution in [3.8, 4) is 5.75 Å². The summed E-state index contributed by atoms with van der Waals surface area (Å²) >= 11 is 0. The van der Waals surface area contributed by atoms with Gasteiger partial charge < -0.3 is 15.2 Å². The third-order valence-corrected chi connectivity index (χ3v) is 3.64. The molecule has 6 nitrogen and oxygen atoms in total. The van der Waals surface area contributed by atoms with Gasteiger partial charge in [-0.25, -0.2) is 0 Å². The van der Waals surface area contributed by atoms with E-state index in [-0.39, 0.29) is 24.7 Å². The molecule has 2 rings (SSSR count). The fraction of sp³-hybridized carbons (Fsp3) is 0.467. The zero-order chi connectivity index (χ0) is 17.7. The molecule has 1 aromatic carbocycles. The van der Waals surface area contributed by atoms with Gasteiger partial charge in [0.05, 0.1) is 6.54 Å². The van der Waals surface area contributed by atoms with Crippen molar-refractivity contribution in [1.82, 2.24) is 10.2 Å². The molecule has 0 aliphatic carbocycles. The number of nitrogens with zero attached hydrogens (tertiary/aromatic N) is 1. The summed E-state index contributed by atoms with van der Waals surface area (Å²) in [4.78, 5) is 24.5. The smallest absolute Gasteiger partial charge is 0.480 e. The quantitative estimate of drug-likeness (QED) is 0.820. The molecule has 132 valence electrons. The van der Waals surface area contributed by atoms with Gasteiger partial charge >= 0.3 is 12.3 Å². The molecule has 0 aromatic heterocycles. The van der Waals surface area contributed by atoms with Crippen LogP contribution in [0.4, 0.5) is 13.2 Å². The van der Waals surface area contributed by atoms with E-state index in [1.54, 1.807) is 4.90 Å². The van der Waals surface area contributed by atoms with Crippen LogP contribution >= 0.6 is 0 Å². The normalized spacial score (nSPS) is 18.4. The molecule has 1 unspecified atom stereocenters. The van der Waals surface area contributed by atoms with Gasteiger partial charge in [-0.05, 0) is 37.1 Å². The predicted molar refractivity (Wildman–Crippen MR) is 77.2 cm³/mol. The first-order valence-electron chi connectivity index (χ1n) is 7.33. The Morgan fingerprint density at radius 2 is 1.96 bits per heavy atom. The molecule has 1 saturated heterocycles. The zero-order valence-corrected chi connectivity index (χ0v) is 12.7. The number of carbonyl (C=O) groups excluding carboxylic acids is 1. The van der Waals surface area contributed by atoms with Crippen LogP contribution in [-0.4, -0.2) is 47.4 Å². The number of carboxylic acids is 1. The van der Waals surface area contributed by atoms with Gasteiger partial charge in [-0.15, -0.1) is 13.2 Å². The van der Waals surface area contributed by atoms with Crippen molar-refractivity contribution in [2.75, 3.05) is 13.1 Å². The summed E-state index contributed by atoms with van der Waals surface area (Å²) < 4.78 is 39.9. The van der Waals surface area contributed by atoms with Crippen LogP contribution in [0.1, 0.15) is 18.4 Å². The number of hydrogen-bond acceptors (Lipinski definition) is 4. The monoisotopic (exact) mass is 346 g/mol. The number of halogens is 3. The van der Waals surface area contributed by atoms with Gasteiger partial charge in [-0.3, -0.25) is 14.5 Å². The lowest BCUT2D eigenvalue weighted by Gasteiger charge is -2.20. The lowest BCUT2D eigenvalue weighted by Crippen LogP contribution is -2.42. The van der Waals surface area contributed by atoms with Crippen molar-refractivity contribution in [2.24, 2.45) is 0 Å². The first-order valence-corrected chi connectivity index (χ1v) is 7.33. The molecule has 1 aliphatic heterocycles. The topological polar surface area (TPSA) is 78.9 Å². The molecular formula is C15H17F3N2O4. The maximum Gasteiger partial charge on any atom is 0.573 e. The lowest BCUT2D eigenvalue weighted by molar-refractivity contribution is -0.274. The number of nitrogens with one attached hydrogen (secondary N) is 1. The predicted octanol–water partition coefficient (Wildman–Crippen LogP) is 1.75. The molecule has 0 spiro atoms. The van der Waals surface area contributed by atoms with Crippen LogP contribution in [0.3, 0.4) is 0 Å². The van der Waals surface area contributed by atoms with Crippen LogP contribution in [0.15, 0.2) is 24.3 Å². The van der Waals surface area contributed by atoms with Gasteiger partial charge in [0.15, 0.2) is 0 Å². The molecule has 2 N–H and O–H groups in total. The summed E-state index contributed by atoms with van der Waals surface area (Å²) in [6.45, 7) is 0.664. The Morgan fingerprint density at radius 3 is 2.54 bits per heavy atom. The number of alkyl halides is 3. The number of ether oxygens (including phenoxy) is 1. The molecule has 1 atom stereocenters. The second-order valence-electron chi connectivity index (χ2n) is 5.44. The standard InChI is InChI=1S/C15H17F3N2O4/c16-15(17,18)24-11-5-3-10(4-6-11)8-19-13(21)9-20-7-1-2-12(20)14(22)23/h3-6,12H,1-2,7-9H2,(H,19,21)(H,22,23). The number of carbonyl (C=O) groups is 2. The van der Waals surface area contributed by atoms with Crippen molar-refractivity contribution in [3.05, 3.63) is 29.8 Å². The highest BCUT2D eigenvalue weighted by Crippen LogP contribution is 2.22. The Morgan fingerprint density at radius 1 is 1.29 bits per heavy atom. The number of carboxylic acid groups (broad SMARTS) is 1. The Labute approximate surface area is 136 Å². The summed E-state index contributed by atoms with van der Waals surface area (Å²) in [5.74, 6) is -1.61. The van der Waals surface area contributed by atoms with E-state index >= 15 is 0 Å². The SMILES string of the molecule is O=C(CN1CCCC1C(=O)O)NCc1ccc(OC(F)(F)F)cc1. The molecule has 0 saturated carbocycles. The first kappa shape index (κ1) is 18.1. The van der Waals surface area contributed by atoms with E-state index in [1.165, 1.54) is 12.1 Å². The molecule has 1 aromatic rings. The summed E-state index contributed by atoms with van der Waals surface area (Å²) in [5, 5.41) is 11.7. The Balaban J connectivity index is 1.80. The Hall–Kier alpha value is -2.29. The molecule has 9 heteroatoms.